The summed E-state index contributed by atoms with van der Waals surface area (Å²) in [5.74, 6) is 2.54. The lowest BCUT2D eigenvalue weighted by atomic mass is 9.86. The average Bonchev–Trinajstić information content (AvgIpc) is 2.25. The van der Waals surface area contributed by atoms with Crippen molar-refractivity contribution in [2.75, 3.05) is 0 Å². The molecule has 1 aromatic rings. The van der Waals surface area contributed by atoms with E-state index in [4.69, 9.17) is 6.42 Å². The van der Waals surface area contributed by atoms with Crippen LogP contribution in [0.4, 0.5) is 0 Å². The van der Waals surface area contributed by atoms with Crippen LogP contribution < -0.4 is 0 Å². The zero-order valence-corrected chi connectivity index (χ0v) is 10.3. The molecule has 0 aliphatic carbocycles. The van der Waals surface area contributed by atoms with Crippen LogP contribution in [-0.2, 0) is 5.41 Å². The second-order valence-electron chi connectivity index (χ2n) is 5.13. The third-order valence-electron chi connectivity index (χ3n) is 2.72. The second kappa shape index (κ2) is 5.18. The Balaban J connectivity index is 2.76. The highest BCUT2D eigenvalue weighted by atomic mass is 16.3. The van der Waals surface area contributed by atoms with Gasteiger partial charge in [0.2, 0.25) is 0 Å². The van der Waals surface area contributed by atoms with Crippen molar-refractivity contribution in [1.29, 1.82) is 0 Å². The highest BCUT2D eigenvalue weighted by molar-refractivity contribution is 5.28. The van der Waals surface area contributed by atoms with Gasteiger partial charge in [0, 0.05) is 6.42 Å². The van der Waals surface area contributed by atoms with Crippen LogP contribution in [0.1, 0.15) is 50.8 Å². The molecule has 16 heavy (non-hydrogen) atoms. The number of rotatable bonds is 3. The molecular weight excluding hydrogens is 196 g/mol. The molecule has 1 unspecified atom stereocenters. The molecule has 0 fully saturated rings. The molecule has 0 spiro atoms. The lowest BCUT2D eigenvalue weighted by Gasteiger charge is -2.20. The Morgan fingerprint density at radius 3 is 2.25 bits per heavy atom. The molecule has 0 bridgehead atoms. The predicted molar refractivity (Wildman–Crippen MR) is 68.2 cm³/mol. The Morgan fingerprint density at radius 2 is 1.81 bits per heavy atom. The van der Waals surface area contributed by atoms with E-state index in [9.17, 15) is 5.11 Å². The molecule has 0 aliphatic rings. The number of hydrogen-bond acceptors (Lipinski definition) is 1. The summed E-state index contributed by atoms with van der Waals surface area (Å²) >= 11 is 0. The van der Waals surface area contributed by atoms with Crippen LogP contribution in [0.15, 0.2) is 24.3 Å². The Morgan fingerprint density at radius 1 is 1.25 bits per heavy atom. The van der Waals surface area contributed by atoms with Crippen LogP contribution >= 0.6 is 0 Å². The van der Waals surface area contributed by atoms with Crippen molar-refractivity contribution in [3.63, 3.8) is 0 Å². The maximum absolute atomic E-state index is 9.85. The molecule has 0 amide bonds. The largest absolute Gasteiger partial charge is 0.388 e. The molecule has 0 aromatic heterocycles. The number of aliphatic hydroxyl groups excluding tert-OH is 1. The van der Waals surface area contributed by atoms with Gasteiger partial charge in [0.1, 0.15) is 0 Å². The van der Waals surface area contributed by atoms with Crippen LogP contribution in [0.5, 0.6) is 0 Å². The molecule has 1 rings (SSSR count). The van der Waals surface area contributed by atoms with E-state index in [0.29, 0.717) is 12.8 Å². The normalized spacial score (nSPS) is 13.2. The van der Waals surface area contributed by atoms with Gasteiger partial charge < -0.3 is 5.11 Å². The fraction of sp³-hybridized carbons (Fsp3) is 0.467. The second-order valence-corrected chi connectivity index (χ2v) is 5.13. The van der Waals surface area contributed by atoms with Crippen molar-refractivity contribution in [2.45, 2.75) is 45.1 Å². The van der Waals surface area contributed by atoms with Gasteiger partial charge in [-0.05, 0) is 23.0 Å². The predicted octanol–water partition coefficient (Wildman–Crippen LogP) is 3.43. The molecule has 1 N–H and O–H groups in total. The minimum atomic E-state index is -0.440. The van der Waals surface area contributed by atoms with E-state index in [1.54, 1.807) is 0 Å². The van der Waals surface area contributed by atoms with E-state index in [2.05, 4.69) is 38.8 Å². The lowest BCUT2D eigenvalue weighted by molar-refractivity contribution is 0.169. The van der Waals surface area contributed by atoms with Gasteiger partial charge in [0.05, 0.1) is 6.10 Å². The summed E-state index contributed by atoms with van der Waals surface area (Å²) < 4.78 is 0. The van der Waals surface area contributed by atoms with Gasteiger partial charge in [-0.1, -0.05) is 45.0 Å². The molecule has 1 atom stereocenters. The summed E-state index contributed by atoms with van der Waals surface area (Å²) in [7, 11) is 0. The average molecular weight is 216 g/mol. The van der Waals surface area contributed by atoms with Crippen LogP contribution in [0.25, 0.3) is 0 Å². The van der Waals surface area contributed by atoms with Crippen LogP contribution in [-0.4, -0.2) is 5.11 Å². The van der Waals surface area contributed by atoms with Crippen molar-refractivity contribution in [3.05, 3.63) is 35.4 Å². The molecule has 0 radical (unpaired) electrons. The quantitative estimate of drug-likeness (QED) is 0.767. The Labute approximate surface area is 98.5 Å². The minimum Gasteiger partial charge on any atom is -0.388 e. The van der Waals surface area contributed by atoms with Gasteiger partial charge in [-0.2, -0.15) is 0 Å². The molecule has 0 saturated heterocycles. The highest BCUT2D eigenvalue weighted by Gasteiger charge is 2.14. The van der Waals surface area contributed by atoms with Crippen molar-refractivity contribution in [1.82, 2.24) is 0 Å². The Bertz CT molecular complexity index is 362. The first kappa shape index (κ1) is 12.8. The van der Waals surface area contributed by atoms with E-state index in [1.165, 1.54) is 5.56 Å². The van der Waals surface area contributed by atoms with E-state index in [0.717, 1.165) is 5.56 Å². The summed E-state index contributed by atoms with van der Waals surface area (Å²) in [6.07, 6.45) is 5.98. The summed E-state index contributed by atoms with van der Waals surface area (Å²) in [4.78, 5) is 0. The zero-order chi connectivity index (χ0) is 12.2. The maximum atomic E-state index is 9.85. The fourth-order valence-corrected chi connectivity index (χ4v) is 1.59. The monoisotopic (exact) mass is 216 g/mol. The van der Waals surface area contributed by atoms with Gasteiger partial charge in [-0.15, -0.1) is 12.3 Å². The molecule has 86 valence electrons. The molecule has 0 heterocycles. The summed E-state index contributed by atoms with van der Waals surface area (Å²) in [5, 5.41) is 9.85. The van der Waals surface area contributed by atoms with E-state index >= 15 is 0 Å². The Kier molecular flexibility index (Phi) is 4.15. The van der Waals surface area contributed by atoms with Crippen molar-refractivity contribution >= 4 is 0 Å². The number of hydrogen-bond donors (Lipinski definition) is 1. The van der Waals surface area contributed by atoms with Crippen molar-refractivity contribution < 1.29 is 5.11 Å². The molecule has 0 saturated carbocycles. The maximum Gasteiger partial charge on any atom is 0.0799 e. The van der Waals surface area contributed by atoms with E-state index < -0.39 is 6.10 Å². The summed E-state index contributed by atoms with van der Waals surface area (Å²) in [5.41, 5.74) is 2.38. The van der Waals surface area contributed by atoms with Crippen molar-refractivity contribution in [3.8, 4) is 12.3 Å². The zero-order valence-electron chi connectivity index (χ0n) is 10.3. The molecule has 0 aliphatic heterocycles. The van der Waals surface area contributed by atoms with Gasteiger partial charge >= 0.3 is 0 Å². The first-order valence-corrected chi connectivity index (χ1v) is 5.67. The van der Waals surface area contributed by atoms with Gasteiger partial charge in [-0.3, -0.25) is 0 Å². The van der Waals surface area contributed by atoms with Crippen molar-refractivity contribution in [2.24, 2.45) is 0 Å². The molecule has 1 nitrogen and oxygen atoms in total. The standard InChI is InChI=1S/C15H20O/c1-5-6-7-14(16)12-8-10-13(11-9-12)15(2,3)4/h1,8-11,14,16H,6-7H2,2-4H3. The van der Waals surface area contributed by atoms with Gasteiger partial charge in [0.15, 0.2) is 0 Å². The first-order chi connectivity index (χ1) is 7.45. The number of terminal acetylenes is 1. The van der Waals surface area contributed by atoms with Crippen LogP contribution in [0.3, 0.4) is 0 Å². The third-order valence-corrected chi connectivity index (χ3v) is 2.72. The molecule has 1 aromatic carbocycles. The summed E-state index contributed by atoms with van der Waals surface area (Å²) in [6.45, 7) is 6.53. The van der Waals surface area contributed by atoms with Gasteiger partial charge in [-0.25, -0.2) is 0 Å². The highest BCUT2D eigenvalue weighted by Crippen LogP contribution is 2.25. The van der Waals surface area contributed by atoms with Crippen LogP contribution in [0, 0.1) is 12.3 Å². The summed E-state index contributed by atoms with van der Waals surface area (Å²) in [6, 6.07) is 8.13. The third kappa shape index (κ3) is 3.40. The minimum absolute atomic E-state index is 0.155. The molecule has 1 heteroatoms. The number of benzene rings is 1. The Hall–Kier alpha value is -1.26. The lowest BCUT2D eigenvalue weighted by Crippen LogP contribution is -2.11. The van der Waals surface area contributed by atoms with E-state index in [-0.39, 0.29) is 5.41 Å². The topological polar surface area (TPSA) is 20.2 Å². The fourth-order valence-electron chi connectivity index (χ4n) is 1.59. The SMILES string of the molecule is C#CCCC(O)c1ccc(C(C)(C)C)cc1. The smallest absolute Gasteiger partial charge is 0.0799 e. The van der Waals surface area contributed by atoms with E-state index in [1.807, 2.05) is 12.1 Å². The van der Waals surface area contributed by atoms with Gasteiger partial charge in [0.25, 0.3) is 0 Å². The number of aliphatic hydroxyl groups is 1. The first-order valence-electron chi connectivity index (χ1n) is 5.67. The molecular formula is C15H20O. The van der Waals surface area contributed by atoms with Crippen LogP contribution in [0.2, 0.25) is 0 Å².